The fraction of sp³-hybridized carbons (Fsp3) is 0.417. The summed E-state index contributed by atoms with van der Waals surface area (Å²) in [5.74, 6) is 0.237. The minimum Gasteiger partial charge on any atom is -0.399 e. The molecule has 1 amide bonds. The third-order valence-electron chi connectivity index (χ3n) is 2.22. The zero-order chi connectivity index (χ0) is 12.1. The first-order chi connectivity index (χ1) is 7.49. The largest absolute Gasteiger partial charge is 0.399 e. The Labute approximate surface area is 96.0 Å². The van der Waals surface area contributed by atoms with E-state index in [-0.39, 0.29) is 5.91 Å². The molecular weight excluding hydrogens is 202 g/mol. The molecular formula is C12H19N3O. The van der Waals surface area contributed by atoms with Crippen molar-refractivity contribution in [2.24, 2.45) is 11.7 Å². The summed E-state index contributed by atoms with van der Waals surface area (Å²) in [5.41, 5.74) is 12.7. The van der Waals surface area contributed by atoms with E-state index in [9.17, 15) is 4.79 Å². The summed E-state index contributed by atoms with van der Waals surface area (Å²) in [7, 11) is 0. The molecule has 0 aliphatic heterocycles. The van der Waals surface area contributed by atoms with Gasteiger partial charge in [-0.05, 0) is 30.5 Å². The van der Waals surface area contributed by atoms with Gasteiger partial charge in [0.05, 0.1) is 6.04 Å². The standard InChI is InChI=1S/C12H19N3O/c1-8(2)6-11(14)12(16)15-10-5-3-4-9(13)7-10/h3-5,7-8,11H,6,13-14H2,1-2H3,(H,15,16)/t11-/m0/s1. The molecule has 5 N–H and O–H groups in total. The molecule has 1 rings (SSSR count). The van der Waals surface area contributed by atoms with E-state index in [2.05, 4.69) is 5.32 Å². The Bertz CT molecular complexity index is 363. The van der Waals surface area contributed by atoms with E-state index in [1.165, 1.54) is 0 Å². The lowest BCUT2D eigenvalue weighted by Gasteiger charge is -2.14. The van der Waals surface area contributed by atoms with Crippen LogP contribution in [0, 0.1) is 5.92 Å². The quantitative estimate of drug-likeness (QED) is 0.675. The highest BCUT2D eigenvalue weighted by Gasteiger charge is 2.14. The van der Waals surface area contributed by atoms with Crippen LogP contribution in [0.1, 0.15) is 20.3 Å². The van der Waals surface area contributed by atoms with E-state index < -0.39 is 6.04 Å². The molecule has 0 fully saturated rings. The van der Waals surface area contributed by atoms with Gasteiger partial charge in [0.25, 0.3) is 0 Å². The highest BCUT2D eigenvalue weighted by Crippen LogP contribution is 2.12. The molecule has 88 valence electrons. The Morgan fingerprint density at radius 3 is 2.69 bits per heavy atom. The second-order valence-corrected chi connectivity index (χ2v) is 4.35. The number of nitrogen functional groups attached to an aromatic ring is 1. The molecule has 0 spiro atoms. The number of rotatable bonds is 4. The summed E-state index contributed by atoms with van der Waals surface area (Å²) >= 11 is 0. The molecule has 0 saturated heterocycles. The lowest BCUT2D eigenvalue weighted by molar-refractivity contribution is -0.117. The van der Waals surface area contributed by atoms with Crippen molar-refractivity contribution in [3.63, 3.8) is 0 Å². The molecule has 0 unspecified atom stereocenters. The predicted octanol–water partition coefficient (Wildman–Crippen LogP) is 1.58. The number of nitrogens with two attached hydrogens (primary N) is 2. The zero-order valence-corrected chi connectivity index (χ0v) is 9.73. The van der Waals surface area contributed by atoms with Crippen LogP contribution in [0.5, 0.6) is 0 Å². The van der Waals surface area contributed by atoms with Crippen molar-refractivity contribution < 1.29 is 4.79 Å². The van der Waals surface area contributed by atoms with E-state index in [4.69, 9.17) is 11.5 Å². The number of hydrogen-bond donors (Lipinski definition) is 3. The molecule has 4 nitrogen and oxygen atoms in total. The third-order valence-corrected chi connectivity index (χ3v) is 2.22. The summed E-state index contributed by atoms with van der Waals surface area (Å²) in [6, 6.07) is 6.58. The summed E-state index contributed by atoms with van der Waals surface area (Å²) in [6.07, 6.45) is 0.675. The van der Waals surface area contributed by atoms with Gasteiger partial charge in [-0.3, -0.25) is 4.79 Å². The highest BCUT2D eigenvalue weighted by molar-refractivity contribution is 5.94. The first kappa shape index (κ1) is 12.5. The lowest BCUT2D eigenvalue weighted by Crippen LogP contribution is -2.36. The molecule has 0 heterocycles. The monoisotopic (exact) mass is 221 g/mol. The molecule has 0 saturated carbocycles. The van der Waals surface area contributed by atoms with Crippen molar-refractivity contribution in [3.8, 4) is 0 Å². The number of carbonyl (C=O) groups is 1. The van der Waals surface area contributed by atoms with Gasteiger partial charge < -0.3 is 16.8 Å². The lowest BCUT2D eigenvalue weighted by atomic mass is 10.0. The number of nitrogens with one attached hydrogen (secondary N) is 1. The molecule has 16 heavy (non-hydrogen) atoms. The van der Waals surface area contributed by atoms with Crippen LogP contribution in [0.4, 0.5) is 11.4 Å². The number of anilines is 2. The SMILES string of the molecule is CC(C)C[C@H](N)C(=O)Nc1cccc(N)c1. The van der Waals surface area contributed by atoms with Crippen LogP contribution in [0.15, 0.2) is 24.3 Å². The predicted molar refractivity (Wildman–Crippen MR) is 66.9 cm³/mol. The zero-order valence-electron chi connectivity index (χ0n) is 9.73. The average molecular weight is 221 g/mol. The second-order valence-electron chi connectivity index (χ2n) is 4.35. The van der Waals surface area contributed by atoms with Crippen molar-refractivity contribution in [2.45, 2.75) is 26.3 Å². The Balaban J connectivity index is 2.57. The average Bonchev–Trinajstić information content (AvgIpc) is 2.16. The van der Waals surface area contributed by atoms with Crippen molar-refractivity contribution in [1.29, 1.82) is 0 Å². The van der Waals surface area contributed by atoms with Gasteiger partial charge in [-0.15, -0.1) is 0 Å². The fourth-order valence-electron chi connectivity index (χ4n) is 1.47. The fourth-order valence-corrected chi connectivity index (χ4v) is 1.47. The van der Waals surface area contributed by atoms with Crippen LogP contribution in [0.25, 0.3) is 0 Å². The number of benzene rings is 1. The molecule has 1 atom stereocenters. The molecule has 1 aromatic rings. The molecule has 1 aromatic carbocycles. The molecule has 0 aliphatic rings. The van der Waals surface area contributed by atoms with Crippen LogP contribution in [-0.4, -0.2) is 11.9 Å². The smallest absolute Gasteiger partial charge is 0.241 e. The molecule has 0 aliphatic carbocycles. The number of hydrogen-bond acceptors (Lipinski definition) is 3. The summed E-state index contributed by atoms with van der Waals surface area (Å²) in [4.78, 5) is 11.7. The topological polar surface area (TPSA) is 81.1 Å². The molecule has 4 heteroatoms. The van der Waals surface area contributed by atoms with Crippen molar-refractivity contribution in [1.82, 2.24) is 0 Å². The molecule has 0 bridgehead atoms. The van der Waals surface area contributed by atoms with E-state index in [1.54, 1.807) is 24.3 Å². The van der Waals surface area contributed by atoms with Gasteiger partial charge >= 0.3 is 0 Å². The Hall–Kier alpha value is -1.55. The van der Waals surface area contributed by atoms with E-state index in [0.717, 1.165) is 0 Å². The van der Waals surface area contributed by atoms with E-state index in [0.29, 0.717) is 23.7 Å². The minimum atomic E-state index is -0.471. The summed E-state index contributed by atoms with van der Waals surface area (Å²) in [6.45, 7) is 4.07. The normalized spacial score (nSPS) is 12.5. The van der Waals surface area contributed by atoms with Crippen LogP contribution < -0.4 is 16.8 Å². The van der Waals surface area contributed by atoms with Gasteiger partial charge in [-0.1, -0.05) is 19.9 Å². The van der Waals surface area contributed by atoms with Gasteiger partial charge in [0.2, 0.25) is 5.91 Å². The van der Waals surface area contributed by atoms with Crippen LogP contribution in [0.2, 0.25) is 0 Å². The number of amides is 1. The highest BCUT2D eigenvalue weighted by atomic mass is 16.2. The summed E-state index contributed by atoms with van der Waals surface area (Å²) in [5, 5.41) is 2.74. The Kier molecular flexibility index (Phi) is 4.31. The first-order valence-electron chi connectivity index (χ1n) is 5.41. The third kappa shape index (κ3) is 3.90. The van der Waals surface area contributed by atoms with Gasteiger partial charge in [-0.2, -0.15) is 0 Å². The molecule has 0 aromatic heterocycles. The summed E-state index contributed by atoms with van der Waals surface area (Å²) < 4.78 is 0. The van der Waals surface area contributed by atoms with Gasteiger partial charge in [0, 0.05) is 11.4 Å². The maximum absolute atomic E-state index is 11.7. The van der Waals surface area contributed by atoms with E-state index >= 15 is 0 Å². The van der Waals surface area contributed by atoms with Crippen LogP contribution >= 0.6 is 0 Å². The minimum absolute atomic E-state index is 0.167. The molecule has 0 radical (unpaired) electrons. The maximum Gasteiger partial charge on any atom is 0.241 e. The van der Waals surface area contributed by atoms with Crippen LogP contribution in [-0.2, 0) is 4.79 Å². The second kappa shape index (κ2) is 5.51. The van der Waals surface area contributed by atoms with Gasteiger partial charge in [-0.25, -0.2) is 0 Å². The Morgan fingerprint density at radius 2 is 2.12 bits per heavy atom. The Morgan fingerprint density at radius 1 is 1.44 bits per heavy atom. The maximum atomic E-state index is 11.7. The van der Waals surface area contributed by atoms with Crippen molar-refractivity contribution in [3.05, 3.63) is 24.3 Å². The first-order valence-corrected chi connectivity index (χ1v) is 5.41. The number of carbonyl (C=O) groups excluding carboxylic acids is 1. The van der Waals surface area contributed by atoms with Crippen molar-refractivity contribution >= 4 is 17.3 Å². The van der Waals surface area contributed by atoms with Crippen LogP contribution in [0.3, 0.4) is 0 Å². The van der Waals surface area contributed by atoms with E-state index in [1.807, 2.05) is 13.8 Å². The van der Waals surface area contributed by atoms with Crippen molar-refractivity contribution in [2.75, 3.05) is 11.1 Å². The van der Waals surface area contributed by atoms with Gasteiger partial charge in [0.1, 0.15) is 0 Å². The van der Waals surface area contributed by atoms with Gasteiger partial charge in [0.15, 0.2) is 0 Å².